The van der Waals surface area contributed by atoms with Gasteiger partial charge in [0.1, 0.15) is 17.4 Å². The predicted octanol–water partition coefficient (Wildman–Crippen LogP) is 3.94. The first-order chi connectivity index (χ1) is 11.5. The molecule has 0 bridgehead atoms. The number of nitrogens with zero attached hydrogens (tertiary/aromatic N) is 1. The minimum atomic E-state index is -1.53. The van der Waals surface area contributed by atoms with Crippen LogP contribution in [0.1, 0.15) is 42.0 Å². The first kappa shape index (κ1) is 19.3. The Morgan fingerprint density at radius 3 is 2.56 bits per heavy atom. The fourth-order valence-corrected chi connectivity index (χ4v) is 3.21. The molecule has 0 saturated heterocycles. The third-order valence-electron chi connectivity index (χ3n) is 4.01. The van der Waals surface area contributed by atoms with Crippen molar-refractivity contribution in [2.45, 2.75) is 38.8 Å². The number of carbonyl (C=O) groups is 1. The van der Waals surface area contributed by atoms with Gasteiger partial charge in [-0.2, -0.15) is 0 Å². The Kier molecular flexibility index (Phi) is 5.48. The molecular weight excluding hydrogens is 402 g/mol. The van der Waals surface area contributed by atoms with Crippen LogP contribution in [0.4, 0.5) is 13.6 Å². The van der Waals surface area contributed by atoms with Crippen molar-refractivity contribution < 1.29 is 28.3 Å². The van der Waals surface area contributed by atoms with Crippen LogP contribution >= 0.6 is 15.9 Å². The van der Waals surface area contributed by atoms with Crippen molar-refractivity contribution in [3.8, 4) is 0 Å². The highest BCUT2D eigenvalue weighted by Gasteiger charge is 2.36. The predicted molar refractivity (Wildman–Crippen MR) is 88.1 cm³/mol. The van der Waals surface area contributed by atoms with Crippen LogP contribution < -0.4 is 5.32 Å². The summed E-state index contributed by atoms with van der Waals surface area (Å²) in [6.07, 6.45) is -2.79. The highest BCUT2D eigenvalue weighted by atomic mass is 79.9. The summed E-state index contributed by atoms with van der Waals surface area (Å²) in [5.41, 5.74) is -0.778. The molecule has 25 heavy (non-hydrogen) atoms. The van der Waals surface area contributed by atoms with Crippen LogP contribution in [0.5, 0.6) is 0 Å². The Labute approximate surface area is 151 Å². The van der Waals surface area contributed by atoms with E-state index < -0.39 is 29.4 Å². The molecule has 1 aromatic heterocycles. The third-order valence-corrected chi connectivity index (χ3v) is 4.62. The number of aliphatic hydroxyl groups excluding tert-OH is 1. The molecule has 1 aromatic carbocycles. The van der Waals surface area contributed by atoms with Crippen molar-refractivity contribution in [3.63, 3.8) is 0 Å². The Hall–Kier alpha value is -2.00. The van der Waals surface area contributed by atoms with Crippen LogP contribution in [-0.4, -0.2) is 21.5 Å². The van der Waals surface area contributed by atoms with Crippen LogP contribution in [0.2, 0.25) is 0 Å². The van der Waals surface area contributed by atoms with Gasteiger partial charge in [0.2, 0.25) is 0 Å². The maximum absolute atomic E-state index is 14.3. The van der Waals surface area contributed by atoms with Crippen LogP contribution in [-0.2, 0) is 5.54 Å². The van der Waals surface area contributed by atoms with E-state index in [-0.39, 0.29) is 16.5 Å². The molecule has 0 saturated carbocycles. The zero-order chi connectivity index (χ0) is 18.9. The van der Waals surface area contributed by atoms with Crippen molar-refractivity contribution >= 4 is 22.0 Å². The molecule has 6 nitrogen and oxygen atoms in total. The largest absolute Gasteiger partial charge is 0.465 e. The fraction of sp³-hybridized carbons (Fsp3) is 0.375. The summed E-state index contributed by atoms with van der Waals surface area (Å²) >= 11 is 2.96. The van der Waals surface area contributed by atoms with Crippen LogP contribution in [0.25, 0.3) is 0 Å². The molecule has 1 amide bonds. The summed E-state index contributed by atoms with van der Waals surface area (Å²) < 4.78 is 32.8. The molecule has 0 unspecified atom stereocenters. The summed E-state index contributed by atoms with van der Waals surface area (Å²) in [6.45, 7) is 4.65. The second-order valence-electron chi connectivity index (χ2n) is 5.97. The number of hydrogen-bond donors (Lipinski definition) is 3. The van der Waals surface area contributed by atoms with Crippen LogP contribution in [0.3, 0.4) is 0 Å². The van der Waals surface area contributed by atoms with E-state index in [1.165, 1.54) is 6.92 Å². The fourth-order valence-electron chi connectivity index (χ4n) is 2.86. The molecule has 0 aliphatic rings. The SMILES string of the molecule is Cc1noc(C)c1[C@H](O)C[C@](C)(NC(=O)O)c1cc(Br)c(F)cc1F. The number of nitrogens with one attached hydrogen (secondary N) is 1. The zero-order valence-corrected chi connectivity index (χ0v) is 15.3. The van der Waals surface area contributed by atoms with Gasteiger partial charge in [-0.25, -0.2) is 13.6 Å². The normalized spacial score (nSPS) is 14.8. The Bertz CT molecular complexity index is 792. The second kappa shape index (κ2) is 7.09. The van der Waals surface area contributed by atoms with Gasteiger partial charge in [0.25, 0.3) is 0 Å². The van der Waals surface area contributed by atoms with Crippen molar-refractivity contribution in [1.82, 2.24) is 10.5 Å². The first-order valence-electron chi connectivity index (χ1n) is 7.32. The smallest absolute Gasteiger partial charge is 0.405 e. The molecule has 0 radical (unpaired) electrons. The van der Waals surface area contributed by atoms with Gasteiger partial charge in [-0.15, -0.1) is 0 Å². The monoisotopic (exact) mass is 418 g/mol. The molecule has 2 aromatic rings. The zero-order valence-electron chi connectivity index (χ0n) is 13.7. The Morgan fingerprint density at radius 2 is 2.04 bits per heavy atom. The van der Waals surface area contributed by atoms with E-state index in [0.29, 0.717) is 23.1 Å². The molecule has 0 fully saturated rings. The van der Waals surface area contributed by atoms with Gasteiger partial charge >= 0.3 is 6.09 Å². The number of halogens is 3. The molecule has 9 heteroatoms. The summed E-state index contributed by atoms with van der Waals surface area (Å²) in [6, 6.07) is 1.81. The van der Waals surface area contributed by atoms with E-state index >= 15 is 0 Å². The summed E-state index contributed by atoms with van der Waals surface area (Å²) in [5, 5.41) is 25.7. The number of rotatable bonds is 5. The average Bonchev–Trinajstić information content (AvgIpc) is 2.80. The van der Waals surface area contributed by atoms with E-state index in [9.17, 15) is 18.7 Å². The van der Waals surface area contributed by atoms with E-state index in [1.54, 1.807) is 13.8 Å². The molecule has 2 atom stereocenters. The van der Waals surface area contributed by atoms with Gasteiger partial charge in [0.05, 0.1) is 21.8 Å². The molecule has 0 spiro atoms. The maximum atomic E-state index is 14.3. The van der Waals surface area contributed by atoms with Crippen molar-refractivity contribution in [3.05, 3.63) is 50.8 Å². The van der Waals surface area contributed by atoms with Gasteiger partial charge in [0, 0.05) is 23.6 Å². The number of hydrogen-bond acceptors (Lipinski definition) is 4. The Morgan fingerprint density at radius 1 is 1.40 bits per heavy atom. The van der Waals surface area contributed by atoms with Gasteiger partial charge < -0.3 is 20.1 Å². The van der Waals surface area contributed by atoms with Crippen LogP contribution in [0, 0.1) is 25.5 Å². The van der Waals surface area contributed by atoms with Gasteiger partial charge in [-0.3, -0.25) is 0 Å². The number of aromatic nitrogens is 1. The quantitative estimate of drug-likeness (QED) is 0.639. The highest BCUT2D eigenvalue weighted by molar-refractivity contribution is 9.10. The third kappa shape index (κ3) is 3.98. The lowest BCUT2D eigenvalue weighted by Crippen LogP contribution is -2.44. The molecule has 136 valence electrons. The summed E-state index contributed by atoms with van der Waals surface area (Å²) in [5.74, 6) is -1.36. The van der Waals surface area contributed by atoms with E-state index in [1.807, 2.05) is 0 Å². The number of amides is 1. The molecule has 1 heterocycles. The highest BCUT2D eigenvalue weighted by Crippen LogP contribution is 2.37. The first-order valence-corrected chi connectivity index (χ1v) is 8.11. The lowest BCUT2D eigenvalue weighted by molar-refractivity contribution is 0.115. The number of benzene rings is 1. The van der Waals surface area contributed by atoms with Crippen molar-refractivity contribution in [2.24, 2.45) is 0 Å². The van der Waals surface area contributed by atoms with Gasteiger partial charge in [0.15, 0.2) is 0 Å². The van der Waals surface area contributed by atoms with Crippen LogP contribution in [0.15, 0.2) is 21.1 Å². The van der Waals surface area contributed by atoms with E-state index in [4.69, 9.17) is 9.63 Å². The second-order valence-corrected chi connectivity index (χ2v) is 6.82. The lowest BCUT2D eigenvalue weighted by Gasteiger charge is -2.32. The summed E-state index contributed by atoms with van der Waals surface area (Å²) in [7, 11) is 0. The number of aryl methyl sites for hydroxylation is 2. The Balaban J connectivity index is 2.48. The summed E-state index contributed by atoms with van der Waals surface area (Å²) in [4.78, 5) is 11.2. The number of carboxylic acid groups (broad SMARTS) is 1. The minimum absolute atomic E-state index is 0.0193. The molecule has 0 aliphatic carbocycles. The molecular formula is C16H17BrF2N2O4. The van der Waals surface area contributed by atoms with Crippen molar-refractivity contribution in [1.29, 1.82) is 0 Å². The molecule has 3 N–H and O–H groups in total. The molecule has 0 aliphatic heterocycles. The van der Waals surface area contributed by atoms with Crippen molar-refractivity contribution in [2.75, 3.05) is 0 Å². The molecule has 2 rings (SSSR count). The number of aliphatic hydroxyl groups is 1. The minimum Gasteiger partial charge on any atom is -0.465 e. The lowest BCUT2D eigenvalue weighted by atomic mass is 9.84. The standard InChI is InChI=1S/C16H17BrF2N2O4/c1-7-14(8(2)25-21-7)13(22)6-16(3,20-15(23)24)9-4-10(17)12(19)5-11(9)18/h4-5,13,20,22H,6H2,1-3H3,(H,23,24)/t13-,16+/m1/s1. The van der Waals surface area contributed by atoms with Gasteiger partial charge in [-0.05, 0) is 42.8 Å². The topological polar surface area (TPSA) is 95.6 Å². The average molecular weight is 419 g/mol. The van der Waals surface area contributed by atoms with Gasteiger partial charge in [-0.1, -0.05) is 5.16 Å². The maximum Gasteiger partial charge on any atom is 0.405 e. The van der Waals surface area contributed by atoms with E-state index in [0.717, 1.165) is 6.07 Å². The van der Waals surface area contributed by atoms with E-state index in [2.05, 4.69) is 26.4 Å².